The van der Waals surface area contributed by atoms with E-state index in [1.54, 1.807) is 16.8 Å². The molecule has 3 N–H and O–H groups in total. The van der Waals surface area contributed by atoms with Crippen molar-refractivity contribution in [2.24, 2.45) is 7.05 Å². The number of fused-ring (bicyclic) bond motifs is 1. The third kappa shape index (κ3) is 1.44. The Balaban J connectivity index is 2.20. The van der Waals surface area contributed by atoms with Crippen LogP contribution < -0.4 is 5.73 Å². The summed E-state index contributed by atoms with van der Waals surface area (Å²) in [5.41, 5.74) is 9.82. The van der Waals surface area contributed by atoms with Crippen molar-refractivity contribution in [1.82, 2.24) is 14.5 Å². The van der Waals surface area contributed by atoms with Gasteiger partial charge in [0.05, 0.1) is 0 Å². The number of nitriles is 1. The molecule has 0 atom stereocenters. The first-order valence-electron chi connectivity index (χ1n) is 5.49. The van der Waals surface area contributed by atoms with Crippen LogP contribution in [0.25, 0.3) is 22.3 Å². The highest BCUT2D eigenvalue weighted by atomic mass is 14.9. The van der Waals surface area contributed by atoms with Crippen LogP contribution >= 0.6 is 0 Å². The summed E-state index contributed by atoms with van der Waals surface area (Å²) in [4.78, 5) is 7.43. The van der Waals surface area contributed by atoms with Gasteiger partial charge in [0.25, 0.3) is 0 Å². The maximum Gasteiger partial charge on any atom is 0.139 e. The maximum atomic E-state index is 8.95. The third-order valence-corrected chi connectivity index (χ3v) is 3.00. The Bertz CT molecular complexity index is 772. The zero-order valence-corrected chi connectivity index (χ0v) is 9.81. The molecule has 0 saturated carbocycles. The van der Waals surface area contributed by atoms with Gasteiger partial charge in [-0.25, -0.2) is 4.98 Å². The summed E-state index contributed by atoms with van der Waals surface area (Å²) in [7, 11) is 1.84. The van der Waals surface area contributed by atoms with E-state index in [4.69, 9.17) is 11.0 Å². The van der Waals surface area contributed by atoms with Crippen LogP contribution in [0.4, 0.5) is 5.69 Å². The summed E-state index contributed by atoms with van der Waals surface area (Å²) < 4.78 is 1.79. The highest BCUT2D eigenvalue weighted by Crippen LogP contribution is 2.27. The van der Waals surface area contributed by atoms with Crippen LogP contribution in [-0.2, 0) is 7.05 Å². The quantitative estimate of drug-likeness (QED) is 0.679. The van der Waals surface area contributed by atoms with Gasteiger partial charge in [0.2, 0.25) is 0 Å². The van der Waals surface area contributed by atoms with Crippen molar-refractivity contribution in [2.75, 3.05) is 5.73 Å². The molecule has 0 radical (unpaired) electrons. The van der Waals surface area contributed by atoms with Gasteiger partial charge in [0.1, 0.15) is 17.4 Å². The van der Waals surface area contributed by atoms with Crippen molar-refractivity contribution in [3.8, 4) is 17.3 Å². The molecule has 0 aliphatic carbocycles. The number of aryl methyl sites for hydroxylation is 1. The first-order chi connectivity index (χ1) is 8.69. The van der Waals surface area contributed by atoms with Gasteiger partial charge in [0, 0.05) is 41.8 Å². The van der Waals surface area contributed by atoms with E-state index in [2.05, 4.69) is 16.0 Å². The Hall–Kier alpha value is -2.74. The number of pyridine rings is 1. The maximum absolute atomic E-state index is 8.95. The number of hydrogen-bond acceptors (Lipinski definition) is 3. The van der Waals surface area contributed by atoms with Gasteiger partial charge in [-0.1, -0.05) is 0 Å². The van der Waals surface area contributed by atoms with Gasteiger partial charge in [-0.05, 0) is 18.2 Å². The lowest BCUT2D eigenvalue weighted by molar-refractivity contribution is 0.908. The lowest BCUT2D eigenvalue weighted by Crippen LogP contribution is -1.86. The van der Waals surface area contributed by atoms with E-state index < -0.39 is 0 Å². The number of H-pyrrole nitrogens is 1. The third-order valence-electron chi connectivity index (χ3n) is 3.00. The van der Waals surface area contributed by atoms with Crippen molar-refractivity contribution in [1.29, 1.82) is 5.26 Å². The normalized spacial score (nSPS) is 10.7. The summed E-state index contributed by atoms with van der Waals surface area (Å²) >= 11 is 0. The van der Waals surface area contributed by atoms with Crippen molar-refractivity contribution >= 4 is 16.7 Å². The standard InChI is InChI=1S/C13H11N5/c1-18-7-8(4-9(18)6-14)12-5-10-11(15)2-3-16-13(10)17-12/h2-5,7H,1H3,(H3,15,16,17). The van der Waals surface area contributed by atoms with Gasteiger partial charge in [-0.3, -0.25) is 0 Å². The Morgan fingerprint density at radius 2 is 2.28 bits per heavy atom. The molecule has 0 unspecified atom stereocenters. The number of nitrogen functional groups attached to an aromatic ring is 1. The largest absolute Gasteiger partial charge is 0.398 e. The number of nitrogens with zero attached hydrogens (tertiary/aromatic N) is 3. The molecule has 3 rings (SSSR count). The second-order valence-electron chi connectivity index (χ2n) is 4.18. The highest BCUT2D eigenvalue weighted by molar-refractivity contribution is 5.92. The fourth-order valence-electron chi connectivity index (χ4n) is 2.03. The van der Waals surface area contributed by atoms with E-state index in [0.29, 0.717) is 11.4 Å². The van der Waals surface area contributed by atoms with Crippen LogP contribution in [0.15, 0.2) is 30.6 Å². The van der Waals surface area contributed by atoms with E-state index in [1.807, 2.05) is 25.4 Å². The first-order valence-corrected chi connectivity index (χ1v) is 5.49. The van der Waals surface area contributed by atoms with E-state index in [1.165, 1.54) is 0 Å². The molecule has 0 aromatic carbocycles. The molecule has 18 heavy (non-hydrogen) atoms. The molecule has 3 aromatic heterocycles. The number of aromatic nitrogens is 3. The smallest absolute Gasteiger partial charge is 0.139 e. The van der Waals surface area contributed by atoms with E-state index >= 15 is 0 Å². The Kier molecular flexibility index (Phi) is 2.10. The number of hydrogen-bond donors (Lipinski definition) is 2. The molecule has 3 heterocycles. The summed E-state index contributed by atoms with van der Waals surface area (Å²) in [6.45, 7) is 0. The molecule has 0 amide bonds. The van der Waals surface area contributed by atoms with Gasteiger partial charge in [0.15, 0.2) is 0 Å². The predicted octanol–water partition coefficient (Wildman–Crippen LogP) is 2.02. The lowest BCUT2D eigenvalue weighted by Gasteiger charge is -1.91. The van der Waals surface area contributed by atoms with Crippen LogP contribution in [0.5, 0.6) is 0 Å². The number of rotatable bonds is 1. The van der Waals surface area contributed by atoms with Crippen molar-refractivity contribution in [3.63, 3.8) is 0 Å². The number of nitrogens with one attached hydrogen (secondary N) is 1. The van der Waals surface area contributed by atoms with Crippen LogP contribution in [0.2, 0.25) is 0 Å². The number of anilines is 1. The molecule has 0 spiro atoms. The van der Waals surface area contributed by atoms with Crippen molar-refractivity contribution < 1.29 is 0 Å². The molecule has 0 bridgehead atoms. The average Bonchev–Trinajstić information content (AvgIpc) is 2.93. The first kappa shape index (κ1) is 10.4. The Labute approximate surface area is 103 Å². The molecular formula is C13H11N5. The van der Waals surface area contributed by atoms with E-state index in [0.717, 1.165) is 22.3 Å². The highest BCUT2D eigenvalue weighted by Gasteiger charge is 2.09. The summed E-state index contributed by atoms with van der Waals surface area (Å²) in [5, 5.41) is 9.85. The number of nitrogens with two attached hydrogens (primary N) is 1. The zero-order valence-electron chi connectivity index (χ0n) is 9.81. The monoisotopic (exact) mass is 237 g/mol. The molecule has 3 aromatic rings. The van der Waals surface area contributed by atoms with Gasteiger partial charge >= 0.3 is 0 Å². The van der Waals surface area contributed by atoms with E-state index in [9.17, 15) is 0 Å². The van der Waals surface area contributed by atoms with Gasteiger partial charge < -0.3 is 15.3 Å². The van der Waals surface area contributed by atoms with Crippen LogP contribution in [0, 0.1) is 11.3 Å². The zero-order chi connectivity index (χ0) is 12.7. The second kappa shape index (κ2) is 3.64. The Morgan fingerprint density at radius 1 is 1.44 bits per heavy atom. The second-order valence-corrected chi connectivity index (χ2v) is 4.18. The van der Waals surface area contributed by atoms with Crippen molar-refractivity contribution in [3.05, 3.63) is 36.3 Å². The average molecular weight is 237 g/mol. The van der Waals surface area contributed by atoms with Crippen molar-refractivity contribution in [2.45, 2.75) is 0 Å². The SMILES string of the molecule is Cn1cc(-c2cc3c(N)ccnc3[nH]2)cc1C#N. The van der Waals surface area contributed by atoms with Gasteiger partial charge in [-0.2, -0.15) is 5.26 Å². The van der Waals surface area contributed by atoms with Crippen LogP contribution in [0.3, 0.4) is 0 Å². The fraction of sp³-hybridized carbons (Fsp3) is 0.0769. The number of aromatic amines is 1. The fourth-order valence-corrected chi connectivity index (χ4v) is 2.03. The molecule has 0 saturated heterocycles. The molecule has 5 heteroatoms. The summed E-state index contributed by atoms with van der Waals surface area (Å²) in [6.07, 6.45) is 3.57. The summed E-state index contributed by atoms with van der Waals surface area (Å²) in [5.74, 6) is 0. The van der Waals surface area contributed by atoms with Crippen LogP contribution in [-0.4, -0.2) is 14.5 Å². The Morgan fingerprint density at radius 3 is 2.94 bits per heavy atom. The molecular weight excluding hydrogens is 226 g/mol. The molecule has 88 valence electrons. The minimum absolute atomic E-state index is 0.615. The van der Waals surface area contributed by atoms with Gasteiger partial charge in [-0.15, -0.1) is 0 Å². The minimum atomic E-state index is 0.615. The summed E-state index contributed by atoms with van der Waals surface area (Å²) in [6, 6.07) is 7.70. The molecule has 0 aliphatic rings. The predicted molar refractivity (Wildman–Crippen MR) is 69.6 cm³/mol. The minimum Gasteiger partial charge on any atom is -0.398 e. The lowest BCUT2D eigenvalue weighted by atomic mass is 10.2. The molecule has 5 nitrogen and oxygen atoms in total. The molecule has 0 fully saturated rings. The van der Waals surface area contributed by atoms with E-state index in [-0.39, 0.29) is 0 Å². The topological polar surface area (TPSA) is 83.4 Å². The van der Waals surface area contributed by atoms with Crippen LogP contribution in [0.1, 0.15) is 5.69 Å². The molecule has 0 aliphatic heterocycles.